The van der Waals surface area contributed by atoms with Crippen LogP contribution in [0.1, 0.15) is 5.56 Å². The van der Waals surface area contributed by atoms with Crippen molar-refractivity contribution in [1.29, 1.82) is 0 Å². The van der Waals surface area contributed by atoms with E-state index in [-0.39, 0.29) is 0 Å². The zero-order valence-electron chi connectivity index (χ0n) is 25.8. The van der Waals surface area contributed by atoms with Crippen LogP contribution >= 0.6 is 0 Å². The molecule has 0 fully saturated rings. The van der Waals surface area contributed by atoms with Crippen LogP contribution in [0.2, 0.25) is 0 Å². The Morgan fingerprint density at radius 3 is 0.609 bits per heavy atom. The van der Waals surface area contributed by atoms with Gasteiger partial charge >= 0.3 is 0 Å². The summed E-state index contributed by atoms with van der Waals surface area (Å²) in [5.74, 6) is 0. The van der Waals surface area contributed by atoms with E-state index in [9.17, 15) is 0 Å². The third kappa shape index (κ3) is 6.12. The molecular weight excluding hydrogens is 558 g/mol. The molecule has 7 aromatic rings. The van der Waals surface area contributed by atoms with Gasteiger partial charge in [-0.2, -0.15) is 0 Å². The molecule has 0 unspecified atom stereocenters. The average Bonchev–Trinajstić information content (AvgIpc) is 3.13. The lowest BCUT2D eigenvalue weighted by atomic mass is 10.1. The molecule has 46 heavy (non-hydrogen) atoms. The molecule has 0 radical (unpaired) electrons. The largest absolute Gasteiger partial charge is 0.311 e. The molecule has 7 aromatic carbocycles. The molecule has 3 heteroatoms. The van der Waals surface area contributed by atoms with Crippen molar-refractivity contribution in [2.75, 3.05) is 14.7 Å². The van der Waals surface area contributed by atoms with Crippen LogP contribution in [-0.4, -0.2) is 0 Å². The minimum absolute atomic E-state index is 1.09. The lowest BCUT2D eigenvalue weighted by molar-refractivity contribution is 1.24. The van der Waals surface area contributed by atoms with Crippen LogP contribution in [0.25, 0.3) is 0 Å². The predicted molar refractivity (Wildman–Crippen MR) is 195 cm³/mol. The molecule has 0 aliphatic heterocycles. The van der Waals surface area contributed by atoms with Crippen molar-refractivity contribution in [3.63, 3.8) is 0 Å². The molecule has 7 rings (SSSR count). The number of anilines is 9. The summed E-state index contributed by atoms with van der Waals surface area (Å²) in [4.78, 5) is 6.89. The van der Waals surface area contributed by atoms with E-state index < -0.39 is 0 Å². The lowest BCUT2D eigenvalue weighted by Gasteiger charge is -2.29. The van der Waals surface area contributed by atoms with E-state index in [0.717, 1.165) is 51.2 Å². The molecule has 0 atom stereocenters. The maximum Gasteiger partial charge on any atom is 0.0463 e. The number of hydrogen-bond acceptors (Lipinski definition) is 3. The minimum Gasteiger partial charge on any atom is -0.311 e. The summed E-state index contributed by atoms with van der Waals surface area (Å²) in [6.45, 7) is 2.12. The van der Waals surface area contributed by atoms with Gasteiger partial charge in [-0.1, -0.05) is 90.5 Å². The topological polar surface area (TPSA) is 9.72 Å². The van der Waals surface area contributed by atoms with Crippen LogP contribution in [0.4, 0.5) is 51.2 Å². The van der Waals surface area contributed by atoms with Gasteiger partial charge in [-0.25, -0.2) is 0 Å². The highest BCUT2D eigenvalue weighted by Gasteiger charge is 2.17. The third-order valence-corrected chi connectivity index (χ3v) is 8.08. The van der Waals surface area contributed by atoms with Gasteiger partial charge in [0.25, 0.3) is 0 Å². The van der Waals surface area contributed by atoms with Crippen LogP contribution in [0.15, 0.2) is 194 Å². The van der Waals surface area contributed by atoms with Crippen LogP contribution in [-0.2, 0) is 0 Å². The first-order chi connectivity index (χ1) is 22.7. The van der Waals surface area contributed by atoms with E-state index in [1.165, 1.54) is 5.56 Å². The van der Waals surface area contributed by atoms with Crippen molar-refractivity contribution in [3.8, 4) is 0 Å². The second-order valence-corrected chi connectivity index (χ2v) is 11.2. The quantitative estimate of drug-likeness (QED) is 0.165. The first-order valence-corrected chi connectivity index (χ1v) is 15.6. The van der Waals surface area contributed by atoms with Gasteiger partial charge in [0.2, 0.25) is 0 Å². The molecule has 3 nitrogen and oxygen atoms in total. The molecule has 0 aliphatic carbocycles. The highest BCUT2D eigenvalue weighted by Crippen LogP contribution is 2.41. The smallest absolute Gasteiger partial charge is 0.0463 e. The summed E-state index contributed by atoms with van der Waals surface area (Å²) in [5.41, 5.74) is 11.2. The Kier molecular flexibility index (Phi) is 8.29. The Balaban J connectivity index is 1.26. The molecule has 0 saturated carbocycles. The average molecular weight is 594 g/mol. The van der Waals surface area contributed by atoms with Crippen LogP contribution in [0.3, 0.4) is 0 Å². The van der Waals surface area contributed by atoms with Gasteiger partial charge in [-0.3, -0.25) is 0 Å². The van der Waals surface area contributed by atoms with E-state index in [1.807, 2.05) is 0 Å². The highest BCUT2D eigenvalue weighted by molar-refractivity contribution is 5.83. The number of hydrogen-bond donors (Lipinski definition) is 0. The number of nitrogens with zero attached hydrogens (tertiary/aromatic N) is 3. The minimum atomic E-state index is 1.09. The normalized spacial score (nSPS) is 10.7. The Morgan fingerprint density at radius 2 is 0.391 bits per heavy atom. The number of benzene rings is 7. The molecule has 0 amide bonds. The van der Waals surface area contributed by atoms with Gasteiger partial charge < -0.3 is 14.7 Å². The summed E-state index contributed by atoms with van der Waals surface area (Å²) in [6.07, 6.45) is 0. The molecule has 0 saturated heterocycles. The van der Waals surface area contributed by atoms with Gasteiger partial charge in [0.05, 0.1) is 0 Å². The SMILES string of the molecule is Cc1ccc(N(c2ccccc2)c2ccc(N(c3ccccc3)c3ccc(N(c4ccccc4)c4ccccc4)cc3)cc2)cc1. The highest BCUT2D eigenvalue weighted by atomic mass is 15.2. The molecule has 0 aromatic heterocycles. The van der Waals surface area contributed by atoms with Crippen molar-refractivity contribution in [1.82, 2.24) is 0 Å². The molecule has 0 bridgehead atoms. The van der Waals surface area contributed by atoms with Gasteiger partial charge in [0, 0.05) is 51.2 Å². The summed E-state index contributed by atoms with van der Waals surface area (Å²) in [7, 11) is 0. The second kappa shape index (κ2) is 13.3. The monoisotopic (exact) mass is 593 g/mol. The van der Waals surface area contributed by atoms with Gasteiger partial charge in [0.15, 0.2) is 0 Å². The van der Waals surface area contributed by atoms with E-state index in [0.29, 0.717) is 0 Å². The van der Waals surface area contributed by atoms with E-state index in [4.69, 9.17) is 0 Å². The Morgan fingerprint density at radius 1 is 0.217 bits per heavy atom. The summed E-state index contributed by atoms with van der Waals surface area (Å²) >= 11 is 0. The van der Waals surface area contributed by atoms with Crippen molar-refractivity contribution < 1.29 is 0 Å². The van der Waals surface area contributed by atoms with Crippen LogP contribution in [0.5, 0.6) is 0 Å². The first kappa shape index (κ1) is 28.7. The van der Waals surface area contributed by atoms with Gasteiger partial charge in [-0.15, -0.1) is 0 Å². The second-order valence-electron chi connectivity index (χ2n) is 11.2. The zero-order valence-corrected chi connectivity index (χ0v) is 25.8. The maximum atomic E-state index is 2.31. The summed E-state index contributed by atoms with van der Waals surface area (Å²) in [6, 6.07) is 68.5. The number of aryl methyl sites for hydroxylation is 1. The first-order valence-electron chi connectivity index (χ1n) is 15.6. The zero-order chi connectivity index (χ0) is 31.1. The molecule has 0 spiro atoms. The third-order valence-electron chi connectivity index (χ3n) is 8.08. The fourth-order valence-corrected chi connectivity index (χ4v) is 5.85. The summed E-state index contributed by atoms with van der Waals surface area (Å²) < 4.78 is 0. The van der Waals surface area contributed by atoms with E-state index in [2.05, 4.69) is 216 Å². The van der Waals surface area contributed by atoms with Crippen molar-refractivity contribution >= 4 is 51.2 Å². The molecular formula is C43H35N3. The maximum absolute atomic E-state index is 2.31. The van der Waals surface area contributed by atoms with Crippen molar-refractivity contribution in [2.45, 2.75) is 6.92 Å². The molecule has 0 aliphatic rings. The summed E-state index contributed by atoms with van der Waals surface area (Å²) in [5, 5.41) is 0. The van der Waals surface area contributed by atoms with Gasteiger partial charge in [-0.05, 0) is 116 Å². The van der Waals surface area contributed by atoms with Gasteiger partial charge in [0.1, 0.15) is 0 Å². The van der Waals surface area contributed by atoms with Crippen molar-refractivity contribution in [2.24, 2.45) is 0 Å². The standard InChI is InChI=1S/C43H35N3/c1-34-22-24-39(25-23-34)45(37-18-10-4-11-19-37)41-30-32-43(33-31-41)46(38-20-12-5-13-21-38)42-28-26-40(27-29-42)44(35-14-6-2-7-15-35)36-16-8-3-9-17-36/h2-33H,1H3. The predicted octanol–water partition coefficient (Wildman–Crippen LogP) is 12.4. The number of rotatable bonds is 9. The lowest BCUT2D eigenvalue weighted by Crippen LogP contribution is -2.13. The van der Waals surface area contributed by atoms with E-state index >= 15 is 0 Å². The molecule has 0 heterocycles. The van der Waals surface area contributed by atoms with Crippen LogP contribution < -0.4 is 14.7 Å². The number of para-hydroxylation sites is 4. The Labute approximate surface area is 271 Å². The van der Waals surface area contributed by atoms with Crippen LogP contribution in [0, 0.1) is 6.92 Å². The molecule has 222 valence electrons. The van der Waals surface area contributed by atoms with Crippen molar-refractivity contribution in [3.05, 3.63) is 200 Å². The fraction of sp³-hybridized carbons (Fsp3) is 0.0233. The van der Waals surface area contributed by atoms with E-state index in [1.54, 1.807) is 0 Å². The fourth-order valence-electron chi connectivity index (χ4n) is 5.85. The Bertz CT molecular complexity index is 1920. The molecule has 0 N–H and O–H groups in total. The Hall–Kier alpha value is -6.06.